The monoisotopic (exact) mass is 420 g/mol. The van der Waals surface area contributed by atoms with Gasteiger partial charge in [-0.15, -0.1) is 0 Å². The average molecular weight is 421 g/mol. The fourth-order valence-corrected chi connectivity index (χ4v) is 4.74. The first-order valence-corrected chi connectivity index (χ1v) is 11.1. The van der Waals surface area contributed by atoms with Gasteiger partial charge < -0.3 is 14.2 Å². The zero-order valence-electron chi connectivity index (χ0n) is 17.9. The Balaban J connectivity index is 1.28. The van der Waals surface area contributed by atoms with Crippen LogP contribution in [0.4, 0.5) is 0 Å². The molecule has 0 radical (unpaired) electrons. The van der Waals surface area contributed by atoms with E-state index >= 15 is 0 Å². The number of piperidine rings is 1. The first kappa shape index (κ1) is 20.0. The van der Waals surface area contributed by atoms with Crippen LogP contribution in [0, 0.1) is 0 Å². The molecule has 0 aliphatic carbocycles. The number of methoxy groups -OCH3 is 1. The zero-order chi connectivity index (χ0) is 21.2. The SMILES string of the molecule is COc1cccc2ccc(CN3CCC[C@H](c4cc(C(=O)N5CCCC5)on4)C3)nc12. The van der Waals surface area contributed by atoms with E-state index in [0.717, 1.165) is 86.4 Å². The lowest BCUT2D eigenvalue weighted by molar-refractivity contribution is 0.0751. The molecule has 2 aliphatic heterocycles. The maximum absolute atomic E-state index is 12.6. The molecule has 5 rings (SSSR count). The van der Waals surface area contributed by atoms with Gasteiger partial charge >= 0.3 is 0 Å². The van der Waals surface area contributed by atoms with E-state index in [0.29, 0.717) is 5.76 Å². The summed E-state index contributed by atoms with van der Waals surface area (Å²) in [6.45, 7) is 4.32. The number of para-hydroxylation sites is 1. The molecular formula is C24H28N4O3. The van der Waals surface area contributed by atoms with Crippen molar-refractivity contribution in [1.82, 2.24) is 19.9 Å². The van der Waals surface area contributed by atoms with Crippen LogP contribution >= 0.6 is 0 Å². The van der Waals surface area contributed by atoms with Crippen molar-refractivity contribution < 1.29 is 14.1 Å². The molecule has 31 heavy (non-hydrogen) atoms. The Morgan fingerprint density at radius 3 is 2.87 bits per heavy atom. The van der Waals surface area contributed by atoms with Crippen molar-refractivity contribution in [3.8, 4) is 5.75 Å². The van der Waals surface area contributed by atoms with E-state index in [-0.39, 0.29) is 11.8 Å². The van der Waals surface area contributed by atoms with E-state index in [1.807, 2.05) is 23.1 Å². The van der Waals surface area contributed by atoms with Gasteiger partial charge in [0.25, 0.3) is 5.91 Å². The van der Waals surface area contributed by atoms with E-state index in [1.165, 1.54) is 0 Å². The summed E-state index contributed by atoms with van der Waals surface area (Å²) in [6, 6.07) is 12.0. The van der Waals surface area contributed by atoms with Gasteiger partial charge in [-0.2, -0.15) is 0 Å². The number of fused-ring (bicyclic) bond motifs is 1. The molecule has 0 spiro atoms. The maximum atomic E-state index is 12.6. The molecule has 7 heteroatoms. The lowest BCUT2D eigenvalue weighted by Gasteiger charge is -2.31. The van der Waals surface area contributed by atoms with Crippen molar-refractivity contribution in [2.45, 2.75) is 38.1 Å². The van der Waals surface area contributed by atoms with Crippen LogP contribution in [0.15, 0.2) is 40.9 Å². The number of nitrogens with zero attached hydrogens (tertiary/aromatic N) is 4. The molecule has 1 amide bonds. The normalized spacial score (nSPS) is 19.8. The smallest absolute Gasteiger partial charge is 0.292 e. The van der Waals surface area contributed by atoms with Gasteiger partial charge in [-0.3, -0.25) is 9.69 Å². The van der Waals surface area contributed by atoms with E-state index in [1.54, 1.807) is 7.11 Å². The molecular weight excluding hydrogens is 392 g/mol. The van der Waals surface area contributed by atoms with Gasteiger partial charge in [0.2, 0.25) is 5.76 Å². The Morgan fingerprint density at radius 1 is 1.16 bits per heavy atom. The highest BCUT2D eigenvalue weighted by Gasteiger charge is 2.28. The third-order valence-corrected chi connectivity index (χ3v) is 6.40. The number of ether oxygens (including phenoxy) is 1. The summed E-state index contributed by atoms with van der Waals surface area (Å²) in [5.41, 5.74) is 2.82. The van der Waals surface area contributed by atoms with E-state index < -0.39 is 0 Å². The van der Waals surface area contributed by atoms with Crippen LogP contribution in [0.1, 0.15) is 53.5 Å². The molecule has 0 saturated carbocycles. The first-order chi connectivity index (χ1) is 15.2. The number of hydrogen-bond donors (Lipinski definition) is 0. The molecule has 162 valence electrons. The molecule has 2 aromatic heterocycles. The van der Waals surface area contributed by atoms with Crippen LogP contribution < -0.4 is 4.74 Å². The highest BCUT2D eigenvalue weighted by Crippen LogP contribution is 2.29. The summed E-state index contributed by atoms with van der Waals surface area (Å²) < 4.78 is 10.9. The molecule has 7 nitrogen and oxygen atoms in total. The standard InChI is InChI=1S/C24H28N4O3/c1-30-21-8-4-6-17-9-10-19(25-23(17)21)16-27-11-5-7-18(15-27)20-14-22(31-26-20)24(29)28-12-2-3-13-28/h4,6,8-10,14,18H,2-3,5,7,11-13,15-16H2,1H3/t18-/m0/s1. The molecule has 3 aromatic rings. The highest BCUT2D eigenvalue weighted by molar-refractivity contribution is 5.91. The number of likely N-dealkylation sites (tertiary alicyclic amines) is 2. The second-order valence-corrected chi connectivity index (χ2v) is 8.52. The number of rotatable bonds is 5. The lowest BCUT2D eigenvalue weighted by atomic mass is 9.94. The number of pyridine rings is 1. The molecule has 2 fully saturated rings. The molecule has 1 aromatic carbocycles. The second-order valence-electron chi connectivity index (χ2n) is 8.52. The predicted octanol–water partition coefficient (Wildman–Crippen LogP) is 3.85. The summed E-state index contributed by atoms with van der Waals surface area (Å²) in [6.07, 6.45) is 4.28. The number of amides is 1. The Labute approximate surface area is 182 Å². The van der Waals surface area contributed by atoms with Gasteiger partial charge in [0.1, 0.15) is 11.3 Å². The summed E-state index contributed by atoms with van der Waals surface area (Å²) in [7, 11) is 1.68. The van der Waals surface area contributed by atoms with Crippen LogP contribution in [0.5, 0.6) is 5.75 Å². The third-order valence-electron chi connectivity index (χ3n) is 6.40. The van der Waals surface area contributed by atoms with Gasteiger partial charge in [0, 0.05) is 43.5 Å². The fourth-order valence-electron chi connectivity index (χ4n) is 4.74. The summed E-state index contributed by atoms with van der Waals surface area (Å²) in [4.78, 5) is 21.7. The third kappa shape index (κ3) is 4.14. The molecule has 0 unspecified atom stereocenters. The quantitative estimate of drug-likeness (QED) is 0.624. The van der Waals surface area contributed by atoms with E-state index in [4.69, 9.17) is 14.2 Å². The number of carbonyl (C=O) groups is 1. The molecule has 1 atom stereocenters. The van der Waals surface area contributed by atoms with Crippen molar-refractivity contribution >= 4 is 16.8 Å². The maximum Gasteiger partial charge on any atom is 0.292 e. The van der Waals surface area contributed by atoms with E-state index in [2.05, 4.69) is 28.3 Å². The summed E-state index contributed by atoms with van der Waals surface area (Å²) >= 11 is 0. The molecule has 2 aliphatic rings. The van der Waals surface area contributed by atoms with Crippen molar-refractivity contribution in [2.75, 3.05) is 33.3 Å². The average Bonchev–Trinajstić information content (AvgIpc) is 3.51. The Kier molecular flexibility index (Phi) is 5.59. The van der Waals surface area contributed by atoms with Gasteiger partial charge in [-0.05, 0) is 44.4 Å². The van der Waals surface area contributed by atoms with Crippen LogP contribution in [0.2, 0.25) is 0 Å². The number of aromatic nitrogens is 2. The summed E-state index contributed by atoms with van der Waals surface area (Å²) in [5, 5.41) is 5.34. The topological polar surface area (TPSA) is 71.7 Å². The predicted molar refractivity (Wildman–Crippen MR) is 117 cm³/mol. The molecule has 4 heterocycles. The Bertz CT molecular complexity index is 1070. The minimum Gasteiger partial charge on any atom is -0.494 e. The Morgan fingerprint density at radius 2 is 2.03 bits per heavy atom. The number of benzene rings is 1. The Hall–Kier alpha value is -2.93. The van der Waals surface area contributed by atoms with Gasteiger partial charge in [-0.25, -0.2) is 4.98 Å². The molecule has 2 saturated heterocycles. The minimum atomic E-state index is -0.0294. The van der Waals surface area contributed by atoms with Gasteiger partial charge in [-0.1, -0.05) is 23.4 Å². The van der Waals surface area contributed by atoms with Gasteiger partial charge in [0.15, 0.2) is 0 Å². The summed E-state index contributed by atoms with van der Waals surface area (Å²) in [5.74, 6) is 1.41. The van der Waals surface area contributed by atoms with Crippen LogP contribution in [-0.4, -0.2) is 59.1 Å². The largest absolute Gasteiger partial charge is 0.494 e. The molecule has 0 N–H and O–H groups in total. The minimum absolute atomic E-state index is 0.0294. The zero-order valence-corrected chi connectivity index (χ0v) is 17.9. The first-order valence-electron chi connectivity index (χ1n) is 11.1. The van der Waals surface area contributed by atoms with Gasteiger partial charge in [0.05, 0.1) is 18.5 Å². The van der Waals surface area contributed by atoms with Crippen molar-refractivity contribution in [3.63, 3.8) is 0 Å². The lowest BCUT2D eigenvalue weighted by Crippen LogP contribution is -2.34. The molecule has 0 bridgehead atoms. The van der Waals surface area contributed by atoms with Crippen LogP contribution in [0.3, 0.4) is 0 Å². The fraction of sp³-hybridized carbons (Fsp3) is 0.458. The van der Waals surface area contributed by atoms with Crippen molar-refractivity contribution in [1.29, 1.82) is 0 Å². The second kappa shape index (κ2) is 8.67. The number of hydrogen-bond acceptors (Lipinski definition) is 6. The van der Waals surface area contributed by atoms with Crippen molar-refractivity contribution in [3.05, 3.63) is 53.5 Å². The van der Waals surface area contributed by atoms with E-state index in [9.17, 15) is 4.79 Å². The van der Waals surface area contributed by atoms with Crippen LogP contribution in [-0.2, 0) is 6.54 Å². The highest BCUT2D eigenvalue weighted by atomic mass is 16.5. The number of carbonyl (C=O) groups excluding carboxylic acids is 1. The van der Waals surface area contributed by atoms with Crippen LogP contribution in [0.25, 0.3) is 10.9 Å². The van der Waals surface area contributed by atoms with Crippen molar-refractivity contribution in [2.24, 2.45) is 0 Å².